The van der Waals surface area contributed by atoms with Crippen LogP contribution in [0.5, 0.6) is 0 Å². The number of aryl methyl sites for hydroxylation is 1. The third-order valence-electron chi connectivity index (χ3n) is 5.48. The van der Waals surface area contributed by atoms with E-state index >= 15 is 0 Å². The molecule has 0 bridgehead atoms. The molecule has 2 aliphatic heterocycles. The molecule has 4 rings (SSSR count). The van der Waals surface area contributed by atoms with Crippen molar-refractivity contribution in [3.8, 4) is 11.3 Å². The summed E-state index contributed by atoms with van der Waals surface area (Å²) < 4.78 is 0. The molecule has 2 amide bonds. The second-order valence-electron chi connectivity index (χ2n) is 7.55. The van der Waals surface area contributed by atoms with E-state index in [0.29, 0.717) is 43.1 Å². The van der Waals surface area contributed by atoms with Crippen molar-refractivity contribution in [3.63, 3.8) is 0 Å². The first-order chi connectivity index (χ1) is 13.4. The minimum absolute atomic E-state index is 0.0600. The first-order valence-electron chi connectivity index (χ1n) is 9.39. The zero-order valence-corrected chi connectivity index (χ0v) is 16.3. The number of nitrogens with zero attached hydrogens (tertiary/aromatic N) is 4. The molecule has 28 heavy (non-hydrogen) atoms. The van der Waals surface area contributed by atoms with Crippen molar-refractivity contribution >= 4 is 17.8 Å². The average molecular weight is 380 g/mol. The van der Waals surface area contributed by atoms with Crippen LogP contribution in [-0.2, 0) is 4.79 Å². The van der Waals surface area contributed by atoms with Crippen LogP contribution in [0.1, 0.15) is 28.9 Å². The number of H-pyrrole nitrogens is 1. The van der Waals surface area contributed by atoms with Gasteiger partial charge >= 0.3 is 0 Å². The summed E-state index contributed by atoms with van der Waals surface area (Å²) in [5, 5.41) is 10.1. The molecular weight excluding hydrogens is 356 g/mol. The van der Waals surface area contributed by atoms with E-state index < -0.39 is 5.54 Å². The van der Waals surface area contributed by atoms with Crippen molar-refractivity contribution in [2.24, 2.45) is 4.99 Å². The van der Waals surface area contributed by atoms with E-state index in [4.69, 9.17) is 0 Å². The van der Waals surface area contributed by atoms with E-state index in [1.807, 2.05) is 51.4 Å². The normalized spacial score (nSPS) is 18.2. The van der Waals surface area contributed by atoms with Gasteiger partial charge in [-0.1, -0.05) is 30.3 Å². The zero-order valence-electron chi connectivity index (χ0n) is 16.3. The molecule has 1 fully saturated rings. The summed E-state index contributed by atoms with van der Waals surface area (Å²) in [4.78, 5) is 34.0. The number of likely N-dealkylation sites (tertiary alicyclic amines) is 1. The van der Waals surface area contributed by atoms with Gasteiger partial charge in [-0.2, -0.15) is 5.10 Å². The number of carbonyl (C=O) groups excluding carboxylic acids is 2. The van der Waals surface area contributed by atoms with Gasteiger partial charge in [0.25, 0.3) is 11.8 Å². The number of rotatable bonds is 2. The lowest BCUT2D eigenvalue weighted by Gasteiger charge is -2.35. The minimum atomic E-state index is -0.760. The van der Waals surface area contributed by atoms with Gasteiger partial charge in [-0.3, -0.25) is 20.0 Å². The second-order valence-corrected chi connectivity index (χ2v) is 7.55. The maximum atomic E-state index is 13.3. The Bertz CT molecular complexity index is 939. The maximum absolute atomic E-state index is 13.3. The van der Waals surface area contributed by atoms with Gasteiger partial charge in [0.1, 0.15) is 11.2 Å². The third-order valence-corrected chi connectivity index (χ3v) is 5.48. The lowest BCUT2D eigenvalue weighted by Crippen LogP contribution is -2.50. The first kappa shape index (κ1) is 18.2. The number of benzene rings is 1. The molecule has 1 spiro atoms. The number of aromatic amines is 1. The topological polar surface area (TPSA) is 93.7 Å². The number of carbonyl (C=O) groups is 2. The number of amides is 2. The first-order valence-corrected chi connectivity index (χ1v) is 9.39. The molecule has 2 aromatic rings. The maximum Gasteiger partial charge on any atom is 0.257 e. The summed E-state index contributed by atoms with van der Waals surface area (Å²) in [5.74, 6) is 0.449. The Morgan fingerprint density at radius 1 is 1.18 bits per heavy atom. The number of hydrogen-bond acceptors (Lipinski definition) is 5. The monoisotopic (exact) mass is 380 g/mol. The lowest BCUT2D eigenvalue weighted by atomic mass is 9.87. The van der Waals surface area contributed by atoms with Crippen molar-refractivity contribution in [2.75, 3.05) is 27.2 Å². The number of nitrogens with one attached hydrogen (secondary N) is 2. The highest BCUT2D eigenvalue weighted by Gasteiger charge is 2.47. The molecule has 1 saturated heterocycles. The molecule has 0 saturated carbocycles. The second kappa shape index (κ2) is 6.78. The van der Waals surface area contributed by atoms with Crippen LogP contribution in [0.4, 0.5) is 0 Å². The minimum Gasteiger partial charge on any atom is -0.349 e. The molecule has 8 nitrogen and oxygen atoms in total. The van der Waals surface area contributed by atoms with Gasteiger partial charge in [-0.05, 0) is 19.8 Å². The van der Waals surface area contributed by atoms with Crippen LogP contribution in [0.3, 0.4) is 0 Å². The van der Waals surface area contributed by atoms with Crippen LogP contribution in [0.25, 0.3) is 11.3 Å². The highest BCUT2D eigenvalue weighted by molar-refractivity contribution is 6.07. The van der Waals surface area contributed by atoms with E-state index in [2.05, 4.69) is 20.5 Å². The Morgan fingerprint density at radius 3 is 2.46 bits per heavy atom. The molecule has 8 heteroatoms. The third kappa shape index (κ3) is 2.94. The molecule has 2 N–H and O–H groups in total. The van der Waals surface area contributed by atoms with Gasteiger partial charge in [0.15, 0.2) is 0 Å². The van der Waals surface area contributed by atoms with Crippen molar-refractivity contribution in [1.82, 2.24) is 25.3 Å². The number of guanidine groups is 1. The molecule has 2 aliphatic rings. The molecule has 3 heterocycles. The Hall–Kier alpha value is -3.16. The Balaban J connectivity index is 1.55. The summed E-state index contributed by atoms with van der Waals surface area (Å²) in [6.45, 7) is 2.82. The fourth-order valence-electron chi connectivity index (χ4n) is 3.78. The van der Waals surface area contributed by atoms with Gasteiger partial charge in [0, 0.05) is 38.4 Å². The predicted molar refractivity (Wildman–Crippen MR) is 106 cm³/mol. The van der Waals surface area contributed by atoms with Crippen LogP contribution in [0.15, 0.2) is 35.3 Å². The molecule has 1 aromatic carbocycles. The van der Waals surface area contributed by atoms with Gasteiger partial charge < -0.3 is 9.80 Å². The molecule has 1 aromatic heterocycles. The van der Waals surface area contributed by atoms with E-state index in [0.717, 1.165) is 11.3 Å². The standard InChI is InChI=1S/C20H24N6O2/c1-13-15(16(24-23-13)14-7-5-4-6-8-14)17(27)26-11-9-20(10-12-26)18(28)21-19(22-20)25(2)3/h4-8H,9-12H2,1-3H3,(H,23,24)(H,21,22,28). The van der Waals surface area contributed by atoms with E-state index in [1.165, 1.54) is 0 Å². The number of hydrogen-bond donors (Lipinski definition) is 2. The van der Waals surface area contributed by atoms with Gasteiger partial charge in [0.2, 0.25) is 5.96 Å². The van der Waals surface area contributed by atoms with Gasteiger partial charge in [-0.15, -0.1) is 0 Å². The fraction of sp³-hybridized carbons (Fsp3) is 0.400. The van der Waals surface area contributed by atoms with E-state index in [1.54, 1.807) is 9.80 Å². The largest absolute Gasteiger partial charge is 0.349 e. The van der Waals surface area contributed by atoms with Crippen LogP contribution >= 0.6 is 0 Å². The van der Waals surface area contributed by atoms with E-state index in [9.17, 15) is 9.59 Å². The van der Waals surface area contributed by atoms with Gasteiger partial charge in [-0.25, -0.2) is 4.99 Å². The molecule has 0 unspecified atom stereocenters. The highest BCUT2D eigenvalue weighted by Crippen LogP contribution is 2.32. The van der Waals surface area contributed by atoms with Crippen molar-refractivity contribution in [1.29, 1.82) is 0 Å². The van der Waals surface area contributed by atoms with E-state index in [-0.39, 0.29) is 11.8 Å². The zero-order chi connectivity index (χ0) is 19.9. The predicted octanol–water partition coefficient (Wildman–Crippen LogP) is 1.41. The fourth-order valence-corrected chi connectivity index (χ4v) is 3.78. The lowest BCUT2D eigenvalue weighted by molar-refractivity contribution is -0.125. The number of aromatic nitrogens is 2. The average Bonchev–Trinajstić information content (AvgIpc) is 3.23. The molecule has 0 atom stereocenters. The van der Waals surface area contributed by atoms with Crippen molar-refractivity contribution in [2.45, 2.75) is 25.3 Å². The molecule has 146 valence electrons. The Morgan fingerprint density at radius 2 is 1.86 bits per heavy atom. The van der Waals surface area contributed by atoms with Crippen LogP contribution in [0.2, 0.25) is 0 Å². The summed E-state index contributed by atoms with van der Waals surface area (Å²) in [5.41, 5.74) is 2.14. The summed E-state index contributed by atoms with van der Waals surface area (Å²) in [6.07, 6.45) is 1.03. The quantitative estimate of drug-likeness (QED) is 0.824. The van der Waals surface area contributed by atoms with Gasteiger partial charge in [0.05, 0.1) is 5.56 Å². The van der Waals surface area contributed by atoms with Crippen LogP contribution in [0, 0.1) is 6.92 Å². The Labute approximate surface area is 163 Å². The molecular formula is C20H24N6O2. The summed E-state index contributed by atoms with van der Waals surface area (Å²) in [7, 11) is 3.70. The smallest absolute Gasteiger partial charge is 0.257 e. The Kier molecular flexibility index (Phi) is 4.41. The van der Waals surface area contributed by atoms with Crippen molar-refractivity contribution in [3.05, 3.63) is 41.6 Å². The highest BCUT2D eigenvalue weighted by atomic mass is 16.2. The summed E-state index contributed by atoms with van der Waals surface area (Å²) >= 11 is 0. The number of piperidine rings is 1. The van der Waals surface area contributed by atoms with Crippen molar-refractivity contribution < 1.29 is 9.59 Å². The van der Waals surface area contributed by atoms with Crippen LogP contribution < -0.4 is 5.32 Å². The summed E-state index contributed by atoms with van der Waals surface area (Å²) in [6, 6.07) is 9.67. The molecule has 0 aliphatic carbocycles. The SMILES string of the molecule is Cc1[nH]nc(-c2ccccc2)c1C(=O)N1CCC2(CC1)N=C(N(C)C)NC2=O. The molecule has 0 radical (unpaired) electrons. The number of aliphatic imine (C=N–C) groups is 1. The van der Waals surface area contributed by atoms with Crippen LogP contribution in [-0.4, -0.2) is 70.5 Å².